The molecule has 9 aromatic carbocycles. The summed E-state index contributed by atoms with van der Waals surface area (Å²) in [6, 6.07) is 83.2. The van der Waals surface area contributed by atoms with Crippen LogP contribution in [0.5, 0.6) is 0 Å². The molecule has 0 fully saturated rings. The topological polar surface area (TPSA) is 9.86 Å². The Kier molecular flexibility index (Phi) is 8.20. The molecule has 2 heteroatoms. The van der Waals surface area contributed by atoms with Crippen LogP contribution in [-0.4, -0.2) is 9.13 Å². The minimum absolute atomic E-state index is 0.195. The number of fused-ring (bicyclic) bond motifs is 9. The summed E-state index contributed by atoms with van der Waals surface area (Å²) in [5, 5.41) is 3.87. The number of rotatable bonds is 6. The molecular weight excluding hydrogens is 773 g/mol. The Bertz CT molecular complexity index is 3570. The van der Waals surface area contributed by atoms with Crippen molar-refractivity contribution in [2.45, 2.75) is 24.2 Å². The Morgan fingerprint density at radius 1 is 0.406 bits per heavy atom. The second kappa shape index (κ2) is 14.3. The predicted molar refractivity (Wildman–Crippen MR) is 267 cm³/mol. The van der Waals surface area contributed by atoms with Gasteiger partial charge in [-0.05, 0) is 122 Å². The maximum absolute atomic E-state index is 2.52. The second-order valence-corrected chi connectivity index (χ2v) is 17.6. The molecule has 0 N–H and O–H groups in total. The van der Waals surface area contributed by atoms with Crippen molar-refractivity contribution in [3.63, 3.8) is 0 Å². The van der Waals surface area contributed by atoms with Gasteiger partial charge in [0.05, 0.1) is 27.7 Å². The van der Waals surface area contributed by atoms with E-state index in [0.29, 0.717) is 0 Å². The standard InChI is InChI=1S/C62H44N2/c1-41-49(34-36-59-61(41)51-30-15-17-32-57(51)64(59)48-28-18-21-43(37-48)42-19-6-2-7-20-42)44-33-35-58-53(38-44)54-39-52-50-29-14-16-31-55(50)62(45-22-8-3-9-23-45,46-24-10-4-11-25-46)56(52)40-60(54)63(58)47-26-12-5-13-27-47/h2-41,49H,1H3. The number of para-hydroxylation sites is 2. The van der Waals surface area contributed by atoms with Gasteiger partial charge in [0, 0.05) is 33.5 Å². The zero-order valence-corrected chi connectivity index (χ0v) is 35.6. The maximum atomic E-state index is 2.52. The Morgan fingerprint density at radius 2 is 1.02 bits per heavy atom. The fourth-order valence-corrected chi connectivity index (χ4v) is 11.6. The zero-order valence-electron chi connectivity index (χ0n) is 35.6. The lowest BCUT2D eigenvalue weighted by Crippen LogP contribution is -2.28. The molecular formula is C62H44N2. The lowest BCUT2D eigenvalue weighted by atomic mass is 9.67. The smallest absolute Gasteiger partial charge is 0.0714 e. The molecule has 2 atom stereocenters. The highest BCUT2D eigenvalue weighted by atomic mass is 15.0. The fraction of sp³-hybridized carbons (Fsp3) is 0.0645. The molecule has 0 amide bonds. The Morgan fingerprint density at radius 3 is 1.78 bits per heavy atom. The lowest BCUT2D eigenvalue weighted by Gasteiger charge is -2.34. The molecule has 13 rings (SSSR count). The zero-order chi connectivity index (χ0) is 42.4. The van der Waals surface area contributed by atoms with Crippen LogP contribution in [0.2, 0.25) is 0 Å². The van der Waals surface area contributed by atoms with Gasteiger partial charge >= 0.3 is 0 Å². The van der Waals surface area contributed by atoms with Crippen LogP contribution in [0.4, 0.5) is 0 Å². The van der Waals surface area contributed by atoms with Gasteiger partial charge in [0.25, 0.3) is 0 Å². The van der Waals surface area contributed by atoms with Crippen LogP contribution in [0, 0.1) is 0 Å². The molecule has 2 aromatic heterocycles. The van der Waals surface area contributed by atoms with E-state index in [-0.39, 0.29) is 11.8 Å². The number of benzene rings is 9. The largest absolute Gasteiger partial charge is 0.310 e. The molecule has 0 bridgehead atoms. The molecule has 0 saturated carbocycles. The molecule has 302 valence electrons. The van der Waals surface area contributed by atoms with Crippen molar-refractivity contribution in [3.05, 3.63) is 270 Å². The maximum Gasteiger partial charge on any atom is 0.0714 e. The van der Waals surface area contributed by atoms with Gasteiger partial charge in [0.2, 0.25) is 0 Å². The first-order chi connectivity index (χ1) is 31.7. The van der Waals surface area contributed by atoms with Crippen LogP contribution in [-0.2, 0) is 5.41 Å². The molecule has 2 aliphatic rings. The first kappa shape index (κ1) is 36.7. The summed E-state index contributed by atoms with van der Waals surface area (Å²) < 4.78 is 4.97. The Hall–Kier alpha value is -7.94. The summed E-state index contributed by atoms with van der Waals surface area (Å²) in [6.45, 7) is 2.43. The Balaban J connectivity index is 1.01. The molecule has 2 heterocycles. The number of hydrogen-bond donors (Lipinski definition) is 0. The van der Waals surface area contributed by atoms with E-state index in [9.17, 15) is 0 Å². The van der Waals surface area contributed by atoms with E-state index in [4.69, 9.17) is 0 Å². The van der Waals surface area contributed by atoms with Crippen LogP contribution < -0.4 is 0 Å². The second-order valence-electron chi connectivity index (χ2n) is 17.6. The number of nitrogens with zero attached hydrogens (tertiary/aromatic N) is 2. The van der Waals surface area contributed by atoms with Gasteiger partial charge in [-0.3, -0.25) is 0 Å². The summed E-state index contributed by atoms with van der Waals surface area (Å²) in [5.74, 6) is 0.442. The summed E-state index contributed by atoms with van der Waals surface area (Å²) in [5.41, 5.74) is 19.8. The van der Waals surface area contributed by atoms with Gasteiger partial charge in [-0.1, -0.05) is 183 Å². The number of hydrogen-bond acceptors (Lipinski definition) is 0. The van der Waals surface area contributed by atoms with E-state index in [2.05, 4.69) is 253 Å². The van der Waals surface area contributed by atoms with Gasteiger partial charge in [0.15, 0.2) is 0 Å². The quantitative estimate of drug-likeness (QED) is 0.158. The summed E-state index contributed by atoms with van der Waals surface area (Å²) >= 11 is 0. The molecule has 2 nitrogen and oxygen atoms in total. The molecule has 0 radical (unpaired) electrons. The SMILES string of the molecule is CC1c2c(n(-c3cccc(-c4ccccc4)c3)c3ccccc23)C=CC1c1ccc2c(c1)c1cc3c(cc1n2-c1ccccc1)C(c1ccccc1)(c1ccccc1)c1ccccc1-3. The average molecular weight is 817 g/mol. The van der Waals surface area contributed by atoms with Crippen LogP contribution >= 0.6 is 0 Å². The highest BCUT2D eigenvalue weighted by Gasteiger charge is 2.46. The third kappa shape index (κ3) is 5.26. The fourth-order valence-electron chi connectivity index (χ4n) is 11.6. The minimum atomic E-state index is -0.478. The molecule has 11 aromatic rings. The van der Waals surface area contributed by atoms with Crippen LogP contribution in [0.3, 0.4) is 0 Å². The van der Waals surface area contributed by atoms with E-state index in [1.807, 2.05) is 0 Å². The number of allylic oxidation sites excluding steroid dienone is 1. The van der Waals surface area contributed by atoms with Crippen molar-refractivity contribution in [2.24, 2.45) is 0 Å². The highest BCUT2D eigenvalue weighted by molar-refractivity contribution is 6.12. The summed E-state index contributed by atoms with van der Waals surface area (Å²) in [6.07, 6.45) is 4.85. The third-order valence-electron chi connectivity index (χ3n) is 14.4. The van der Waals surface area contributed by atoms with Crippen LogP contribution in [0.15, 0.2) is 231 Å². The van der Waals surface area contributed by atoms with Crippen molar-refractivity contribution < 1.29 is 0 Å². The Labute approximate surface area is 373 Å². The molecule has 2 aliphatic carbocycles. The van der Waals surface area contributed by atoms with E-state index in [0.717, 1.165) is 5.69 Å². The van der Waals surface area contributed by atoms with Crippen LogP contribution in [0.25, 0.3) is 72.4 Å². The number of aromatic nitrogens is 2. The van der Waals surface area contributed by atoms with Crippen molar-refractivity contribution in [2.75, 3.05) is 0 Å². The van der Waals surface area contributed by atoms with E-state index in [1.54, 1.807) is 0 Å². The average Bonchev–Trinajstić information content (AvgIpc) is 3.98. The summed E-state index contributed by atoms with van der Waals surface area (Å²) in [7, 11) is 0. The normalized spacial score (nSPS) is 16.0. The predicted octanol–water partition coefficient (Wildman–Crippen LogP) is 15.7. The van der Waals surface area contributed by atoms with Crippen molar-refractivity contribution >= 4 is 38.8 Å². The van der Waals surface area contributed by atoms with Crippen molar-refractivity contribution in [1.29, 1.82) is 0 Å². The monoisotopic (exact) mass is 816 g/mol. The van der Waals surface area contributed by atoms with E-state index >= 15 is 0 Å². The van der Waals surface area contributed by atoms with Crippen LogP contribution in [0.1, 0.15) is 57.8 Å². The van der Waals surface area contributed by atoms with E-state index < -0.39 is 5.41 Å². The van der Waals surface area contributed by atoms with E-state index in [1.165, 1.54) is 99.7 Å². The first-order valence-electron chi connectivity index (χ1n) is 22.5. The molecule has 2 unspecified atom stereocenters. The molecule has 0 aliphatic heterocycles. The van der Waals surface area contributed by atoms with Gasteiger partial charge in [0.1, 0.15) is 0 Å². The van der Waals surface area contributed by atoms with Crippen molar-refractivity contribution in [3.8, 4) is 33.6 Å². The molecule has 0 saturated heterocycles. The highest BCUT2D eigenvalue weighted by Crippen LogP contribution is 2.57. The molecule has 64 heavy (non-hydrogen) atoms. The van der Waals surface area contributed by atoms with Gasteiger partial charge in [-0.2, -0.15) is 0 Å². The van der Waals surface area contributed by atoms with Crippen molar-refractivity contribution in [1.82, 2.24) is 9.13 Å². The minimum Gasteiger partial charge on any atom is -0.310 e. The van der Waals surface area contributed by atoms with Gasteiger partial charge < -0.3 is 9.13 Å². The first-order valence-corrected chi connectivity index (χ1v) is 22.5. The molecule has 0 spiro atoms. The summed E-state index contributed by atoms with van der Waals surface area (Å²) in [4.78, 5) is 0. The van der Waals surface area contributed by atoms with Gasteiger partial charge in [-0.25, -0.2) is 0 Å². The van der Waals surface area contributed by atoms with Gasteiger partial charge in [-0.15, -0.1) is 0 Å². The third-order valence-corrected chi connectivity index (χ3v) is 14.4. The lowest BCUT2D eigenvalue weighted by molar-refractivity contribution is 0.672.